The molecule has 0 spiro atoms. The number of rotatable bonds is 6. The zero-order chi connectivity index (χ0) is 28.1. The van der Waals surface area contributed by atoms with Crippen LogP contribution in [0.5, 0.6) is 11.5 Å². The van der Waals surface area contributed by atoms with E-state index in [4.69, 9.17) is 9.72 Å². The minimum Gasteiger partial charge on any atom is -0.457 e. The number of nitrogens with zero attached hydrogens (tertiary/aromatic N) is 9. The van der Waals surface area contributed by atoms with Crippen LogP contribution in [-0.2, 0) is 4.79 Å². The van der Waals surface area contributed by atoms with E-state index in [-0.39, 0.29) is 23.6 Å². The molecule has 5 aromatic rings. The number of fused-ring (bicyclic) bond motifs is 2. The van der Waals surface area contributed by atoms with Gasteiger partial charge in [-0.3, -0.25) is 4.79 Å². The molecule has 0 radical (unpaired) electrons. The second kappa shape index (κ2) is 9.91. The van der Waals surface area contributed by atoms with Crippen LogP contribution in [0.3, 0.4) is 0 Å². The summed E-state index contributed by atoms with van der Waals surface area (Å²) in [4.78, 5) is 38.7. The van der Waals surface area contributed by atoms with E-state index in [9.17, 15) is 4.79 Å². The summed E-state index contributed by atoms with van der Waals surface area (Å²) in [5.74, 6) is 1.75. The Morgan fingerprint density at radius 2 is 1.98 bits per heavy atom. The largest absolute Gasteiger partial charge is 0.457 e. The van der Waals surface area contributed by atoms with Crippen molar-refractivity contribution in [1.82, 2.24) is 39.4 Å². The van der Waals surface area contributed by atoms with E-state index in [2.05, 4.69) is 42.2 Å². The number of benzene rings is 1. The first-order valence-corrected chi connectivity index (χ1v) is 13.5. The van der Waals surface area contributed by atoms with Crippen LogP contribution in [0.2, 0.25) is 0 Å². The summed E-state index contributed by atoms with van der Waals surface area (Å²) in [6.45, 7) is 5.58. The molecule has 0 bridgehead atoms. The fourth-order valence-corrected chi connectivity index (χ4v) is 5.11. The molecular formula is C28H27FN10O2. The minimum atomic E-state index is -0.475. The molecule has 1 aliphatic carbocycles. The van der Waals surface area contributed by atoms with Crippen LogP contribution in [0, 0.1) is 18.7 Å². The van der Waals surface area contributed by atoms with Gasteiger partial charge in [-0.05, 0) is 44.9 Å². The van der Waals surface area contributed by atoms with Gasteiger partial charge >= 0.3 is 0 Å². The smallest absolute Gasteiger partial charge is 0.226 e. The van der Waals surface area contributed by atoms with Gasteiger partial charge in [0.2, 0.25) is 11.9 Å². The van der Waals surface area contributed by atoms with Crippen molar-refractivity contribution in [1.29, 1.82) is 0 Å². The topological polar surface area (TPSA) is 127 Å². The van der Waals surface area contributed by atoms with Crippen molar-refractivity contribution in [2.24, 2.45) is 5.92 Å². The van der Waals surface area contributed by atoms with Crippen LogP contribution >= 0.6 is 0 Å². The average molecular weight is 555 g/mol. The first-order valence-electron chi connectivity index (χ1n) is 13.5. The van der Waals surface area contributed by atoms with Gasteiger partial charge in [0.05, 0.1) is 11.9 Å². The fraction of sp³-hybridized carbons (Fsp3) is 0.321. The number of ether oxygens (including phenoxy) is 1. The molecule has 2 fully saturated rings. The maximum Gasteiger partial charge on any atom is 0.226 e. The van der Waals surface area contributed by atoms with Crippen LogP contribution in [0.25, 0.3) is 16.7 Å². The third-order valence-electron chi connectivity index (χ3n) is 7.55. The van der Waals surface area contributed by atoms with Gasteiger partial charge in [-0.15, -0.1) is 0 Å². The third kappa shape index (κ3) is 4.72. The lowest BCUT2D eigenvalue weighted by molar-refractivity contribution is -0.134. The molecule has 41 heavy (non-hydrogen) atoms. The lowest BCUT2D eigenvalue weighted by atomic mass is 10.1. The van der Waals surface area contributed by atoms with Crippen molar-refractivity contribution in [3.8, 4) is 11.5 Å². The molecule has 1 amide bonds. The van der Waals surface area contributed by atoms with Crippen LogP contribution in [-0.4, -0.2) is 71.0 Å². The fourth-order valence-electron chi connectivity index (χ4n) is 5.11. The monoisotopic (exact) mass is 554 g/mol. The van der Waals surface area contributed by atoms with Crippen LogP contribution < -0.4 is 15.0 Å². The average Bonchev–Trinajstić information content (AvgIpc) is 3.74. The van der Waals surface area contributed by atoms with Gasteiger partial charge in [0.15, 0.2) is 17.3 Å². The molecule has 4 aromatic heterocycles. The normalized spacial score (nSPS) is 17.3. The van der Waals surface area contributed by atoms with E-state index < -0.39 is 5.82 Å². The van der Waals surface area contributed by atoms with Crippen LogP contribution in [0.1, 0.15) is 25.3 Å². The van der Waals surface area contributed by atoms with Crippen LogP contribution in [0.4, 0.5) is 21.8 Å². The van der Waals surface area contributed by atoms with Crippen molar-refractivity contribution >= 4 is 40.0 Å². The van der Waals surface area contributed by atoms with Gasteiger partial charge in [0, 0.05) is 49.4 Å². The van der Waals surface area contributed by atoms with Gasteiger partial charge in [-0.1, -0.05) is 0 Å². The molecular weight excluding hydrogens is 527 g/mol. The molecule has 1 saturated heterocycles. The molecule has 2 aliphatic rings. The second-order valence-corrected chi connectivity index (χ2v) is 10.4. The van der Waals surface area contributed by atoms with Gasteiger partial charge in [0.25, 0.3) is 0 Å². The molecule has 1 aliphatic heterocycles. The van der Waals surface area contributed by atoms with E-state index in [1.54, 1.807) is 48.1 Å². The molecule has 0 unspecified atom stereocenters. The van der Waals surface area contributed by atoms with Gasteiger partial charge in [-0.25, -0.2) is 33.8 Å². The van der Waals surface area contributed by atoms with Crippen molar-refractivity contribution in [2.45, 2.75) is 32.7 Å². The SMILES string of the molecule is Cc1c(Oc2ccn3ncnc3c2)ccc(Nc2ncnc3cnc(N4CCN(C(=O)C5CC5)[C@H](C)C4)nc23)c1F. The number of carbonyl (C=O) groups excluding carboxylic acids is 1. The van der Waals surface area contributed by atoms with E-state index in [0.717, 1.165) is 12.8 Å². The van der Waals surface area contributed by atoms with E-state index in [1.165, 1.54) is 12.7 Å². The molecule has 5 heterocycles. The standard InChI is InChI=1S/C28H27FN10O2/c1-16-13-37(9-10-38(16)27(40)18-3-4-18)28-30-12-21-25(36-28)26(33-14-31-21)35-20-5-6-22(17(2)24(20)29)41-19-7-8-39-23(11-19)32-15-34-39/h5-8,11-12,14-16,18H,3-4,9-10,13H2,1-2H3,(H,31,33,35)/t16-/m1/s1. The maximum absolute atomic E-state index is 15.5. The summed E-state index contributed by atoms with van der Waals surface area (Å²) in [5.41, 5.74) is 2.18. The van der Waals surface area contributed by atoms with E-state index >= 15 is 4.39 Å². The number of hydrogen-bond acceptors (Lipinski definition) is 10. The van der Waals surface area contributed by atoms with Crippen molar-refractivity contribution in [2.75, 3.05) is 29.9 Å². The summed E-state index contributed by atoms with van der Waals surface area (Å²) < 4.78 is 23.1. The zero-order valence-electron chi connectivity index (χ0n) is 22.5. The summed E-state index contributed by atoms with van der Waals surface area (Å²) in [6, 6.07) is 6.81. The Hall–Kier alpha value is -4.94. The third-order valence-corrected chi connectivity index (χ3v) is 7.55. The molecule has 13 heteroatoms. The summed E-state index contributed by atoms with van der Waals surface area (Å²) in [6.07, 6.45) is 8.19. The first kappa shape index (κ1) is 25.1. The zero-order valence-corrected chi connectivity index (χ0v) is 22.5. The first-order chi connectivity index (χ1) is 19.9. The highest BCUT2D eigenvalue weighted by atomic mass is 19.1. The number of nitrogens with one attached hydrogen (secondary N) is 1. The van der Waals surface area contributed by atoms with Gasteiger partial charge in [-0.2, -0.15) is 5.10 Å². The lowest BCUT2D eigenvalue weighted by Crippen LogP contribution is -2.54. The molecule has 1 atom stereocenters. The van der Waals surface area contributed by atoms with E-state index in [1.807, 2.05) is 4.90 Å². The molecule has 1 aromatic carbocycles. The summed E-state index contributed by atoms with van der Waals surface area (Å²) in [5, 5.41) is 7.15. The molecule has 1 saturated carbocycles. The Labute approximate surface area is 234 Å². The number of amides is 1. The number of pyridine rings is 1. The highest BCUT2D eigenvalue weighted by Crippen LogP contribution is 2.34. The Morgan fingerprint density at radius 3 is 2.80 bits per heavy atom. The molecule has 208 valence electrons. The molecule has 1 N–H and O–H groups in total. The summed E-state index contributed by atoms with van der Waals surface area (Å²) >= 11 is 0. The lowest BCUT2D eigenvalue weighted by Gasteiger charge is -2.40. The Bertz CT molecular complexity index is 1790. The van der Waals surface area contributed by atoms with Crippen molar-refractivity contribution in [3.05, 3.63) is 60.7 Å². The number of aromatic nitrogens is 7. The molecule has 12 nitrogen and oxygen atoms in total. The number of hydrogen-bond donors (Lipinski definition) is 1. The highest BCUT2D eigenvalue weighted by molar-refractivity contribution is 5.87. The predicted octanol–water partition coefficient (Wildman–Crippen LogP) is 3.89. The Kier molecular flexibility index (Phi) is 6.06. The predicted molar refractivity (Wildman–Crippen MR) is 149 cm³/mol. The van der Waals surface area contributed by atoms with Crippen molar-refractivity contribution < 1.29 is 13.9 Å². The Balaban J connectivity index is 1.12. The van der Waals surface area contributed by atoms with E-state index in [0.29, 0.717) is 65.1 Å². The number of anilines is 3. The Morgan fingerprint density at radius 1 is 1.10 bits per heavy atom. The van der Waals surface area contributed by atoms with Crippen LogP contribution in [0.15, 0.2) is 49.3 Å². The quantitative estimate of drug-likeness (QED) is 0.330. The molecule has 7 rings (SSSR count). The minimum absolute atomic E-state index is 0.0526. The van der Waals surface area contributed by atoms with Gasteiger partial charge < -0.3 is 19.9 Å². The number of halogens is 1. The second-order valence-electron chi connectivity index (χ2n) is 10.4. The van der Waals surface area contributed by atoms with Crippen molar-refractivity contribution in [3.63, 3.8) is 0 Å². The maximum atomic E-state index is 15.5. The number of piperazine rings is 1. The van der Waals surface area contributed by atoms with Gasteiger partial charge in [0.1, 0.15) is 35.2 Å². The highest BCUT2D eigenvalue weighted by Gasteiger charge is 2.37. The summed E-state index contributed by atoms with van der Waals surface area (Å²) in [7, 11) is 0. The number of carbonyl (C=O) groups is 1.